The van der Waals surface area contributed by atoms with Gasteiger partial charge in [-0.2, -0.15) is 0 Å². The van der Waals surface area contributed by atoms with E-state index < -0.39 is 23.1 Å². The van der Waals surface area contributed by atoms with E-state index in [0.29, 0.717) is 31.0 Å². The van der Waals surface area contributed by atoms with Gasteiger partial charge in [-0.05, 0) is 67.8 Å². The first-order valence-electron chi connectivity index (χ1n) is 14.3. The smallest absolute Gasteiger partial charge is 0.299 e. The van der Waals surface area contributed by atoms with Crippen LogP contribution in [0.1, 0.15) is 41.8 Å². The van der Waals surface area contributed by atoms with Crippen LogP contribution < -0.4 is 15.1 Å². The molecule has 1 N–H and O–H groups in total. The number of rotatable bonds is 9. The Labute approximate surface area is 246 Å². The van der Waals surface area contributed by atoms with Crippen molar-refractivity contribution >= 4 is 40.6 Å². The number of hydrogen-bond acceptors (Lipinski definition) is 6. The molecule has 3 aromatic rings. The maximum absolute atomic E-state index is 14.1. The second-order valence-electron chi connectivity index (χ2n) is 10.9. The van der Waals surface area contributed by atoms with Crippen LogP contribution in [0.15, 0.2) is 72.8 Å². The number of carbonyl (C=O) groups is 4. The van der Waals surface area contributed by atoms with Gasteiger partial charge in [0, 0.05) is 31.0 Å². The zero-order valence-electron chi connectivity index (χ0n) is 24.3. The van der Waals surface area contributed by atoms with Crippen LogP contribution in [0.4, 0.5) is 17.1 Å². The van der Waals surface area contributed by atoms with Crippen LogP contribution in [0, 0.1) is 6.92 Å². The van der Waals surface area contributed by atoms with Crippen LogP contribution in [-0.4, -0.2) is 66.8 Å². The van der Waals surface area contributed by atoms with Crippen molar-refractivity contribution in [3.63, 3.8) is 0 Å². The van der Waals surface area contributed by atoms with Crippen molar-refractivity contribution in [3.05, 3.63) is 89.5 Å². The normalized spacial score (nSPS) is 16.2. The van der Waals surface area contributed by atoms with Crippen LogP contribution in [0.5, 0.6) is 0 Å². The molecule has 2 heterocycles. The third-order valence-corrected chi connectivity index (χ3v) is 8.34. The summed E-state index contributed by atoms with van der Waals surface area (Å²) in [7, 11) is 0. The minimum Gasteiger partial charge on any atom is -0.378 e. The number of fused-ring (bicyclic) bond motifs is 1. The highest BCUT2D eigenvalue weighted by Crippen LogP contribution is 2.31. The maximum atomic E-state index is 14.1. The molecule has 0 aliphatic carbocycles. The zero-order valence-corrected chi connectivity index (χ0v) is 24.3. The minimum atomic E-state index is -1.26. The topological polar surface area (TPSA) is 99.3 Å². The van der Waals surface area contributed by atoms with Gasteiger partial charge in [0.1, 0.15) is 12.1 Å². The van der Waals surface area contributed by atoms with E-state index in [1.54, 1.807) is 31.2 Å². The van der Waals surface area contributed by atoms with Gasteiger partial charge >= 0.3 is 0 Å². The predicted octanol–water partition coefficient (Wildman–Crippen LogP) is 4.20. The Hall–Kier alpha value is -4.50. The number of carbonyl (C=O) groups excluding carboxylic acids is 4. The van der Waals surface area contributed by atoms with E-state index in [2.05, 4.69) is 10.2 Å². The molecule has 0 aromatic heterocycles. The van der Waals surface area contributed by atoms with Crippen molar-refractivity contribution in [2.45, 2.75) is 39.3 Å². The molecule has 3 aromatic carbocycles. The number of anilines is 3. The van der Waals surface area contributed by atoms with Crippen LogP contribution in [-0.2, 0) is 25.7 Å². The first kappa shape index (κ1) is 29.0. The molecule has 2 aliphatic rings. The summed E-state index contributed by atoms with van der Waals surface area (Å²) in [4.78, 5) is 58.5. The molecule has 5 rings (SSSR count). The molecule has 9 heteroatoms. The highest BCUT2D eigenvalue weighted by molar-refractivity contribution is 6.52. The Morgan fingerprint density at radius 2 is 1.62 bits per heavy atom. The average Bonchev–Trinajstić information content (AvgIpc) is 3.25. The summed E-state index contributed by atoms with van der Waals surface area (Å²) < 4.78 is 5.44. The maximum Gasteiger partial charge on any atom is 0.299 e. The lowest BCUT2D eigenvalue weighted by molar-refractivity contribution is -0.145. The molecule has 0 radical (unpaired) electrons. The van der Waals surface area contributed by atoms with Crippen molar-refractivity contribution in [2.75, 3.05) is 48.0 Å². The number of amides is 3. The summed E-state index contributed by atoms with van der Waals surface area (Å²) in [6, 6.07) is 22.0. The van der Waals surface area contributed by atoms with Gasteiger partial charge in [0.25, 0.3) is 11.7 Å². The standard InChI is InChI=1S/C33H36N4O5/c1-4-33(3,32(41)34-25-13-15-26(16-14-25)35-17-19-42-20-18-35)37(21-24-10-6-5-9-23(24)2)29(38)22-36-28-12-8-7-11-27(28)30(39)31(36)40/h5-16H,4,17-22H2,1-3H3,(H,34,41). The Morgan fingerprint density at radius 3 is 2.31 bits per heavy atom. The molecular weight excluding hydrogens is 532 g/mol. The SMILES string of the molecule is CCC(C)(C(=O)Nc1ccc(N2CCOCC2)cc1)N(Cc1ccccc1C)C(=O)CN1C(=O)C(=O)c2ccccc21. The highest BCUT2D eigenvalue weighted by atomic mass is 16.5. The van der Waals surface area contributed by atoms with Crippen molar-refractivity contribution in [1.29, 1.82) is 0 Å². The lowest BCUT2D eigenvalue weighted by Crippen LogP contribution is -2.58. The first-order chi connectivity index (χ1) is 20.2. The molecule has 1 atom stereocenters. The van der Waals surface area contributed by atoms with E-state index in [-0.39, 0.29) is 24.6 Å². The number of nitrogens with one attached hydrogen (secondary N) is 1. The van der Waals surface area contributed by atoms with Crippen molar-refractivity contribution in [3.8, 4) is 0 Å². The van der Waals surface area contributed by atoms with Gasteiger partial charge in [0.2, 0.25) is 11.8 Å². The van der Waals surface area contributed by atoms with Gasteiger partial charge < -0.3 is 19.9 Å². The number of Topliss-reactive ketones (excluding diaryl/α,β-unsaturated/α-hetero) is 1. The number of morpholine rings is 1. The lowest BCUT2D eigenvalue weighted by Gasteiger charge is -2.40. The number of para-hydroxylation sites is 1. The molecule has 3 amide bonds. The number of nitrogens with zero attached hydrogens (tertiary/aromatic N) is 3. The van der Waals surface area contributed by atoms with Gasteiger partial charge in [-0.1, -0.05) is 43.3 Å². The average molecular weight is 569 g/mol. The molecule has 9 nitrogen and oxygen atoms in total. The van der Waals surface area contributed by atoms with Gasteiger partial charge in [0.05, 0.1) is 24.5 Å². The Balaban J connectivity index is 1.41. The second kappa shape index (κ2) is 12.2. The monoisotopic (exact) mass is 568 g/mol. The Bertz CT molecular complexity index is 1500. The van der Waals surface area contributed by atoms with Crippen molar-refractivity contribution in [2.24, 2.45) is 0 Å². The fraction of sp³-hybridized carbons (Fsp3) is 0.333. The summed E-state index contributed by atoms with van der Waals surface area (Å²) in [5.74, 6) is -2.16. The van der Waals surface area contributed by atoms with E-state index in [4.69, 9.17) is 4.74 Å². The fourth-order valence-corrected chi connectivity index (χ4v) is 5.44. The second-order valence-corrected chi connectivity index (χ2v) is 10.9. The highest BCUT2D eigenvalue weighted by Gasteiger charge is 2.43. The molecule has 1 fully saturated rings. The molecule has 42 heavy (non-hydrogen) atoms. The summed E-state index contributed by atoms with van der Waals surface area (Å²) >= 11 is 0. The quantitative estimate of drug-likeness (QED) is 0.389. The van der Waals surface area contributed by atoms with E-state index in [1.165, 1.54) is 9.80 Å². The summed E-state index contributed by atoms with van der Waals surface area (Å²) in [5, 5.41) is 3.01. The molecule has 1 saturated heterocycles. The summed E-state index contributed by atoms with van der Waals surface area (Å²) in [5.41, 5.74) is 2.96. The van der Waals surface area contributed by atoms with Gasteiger partial charge in [0.15, 0.2) is 0 Å². The van der Waals surface area contributed by atoms with Gasteiger partial charge in [-0.25, -0.2) is 0 Å². The number of aryl methyl sites for hydroxylation is 1. The Morgan fingerprint density at radius 1 is 0.952 bits per heavy atom. The largest absolute Gasteiger partial charge is 0.378 e. The third-order valence-electron chi connectivity index (χ3n) is 8.34. The molecule has 0 bridgehead atoms. The predicted molar refractivity (Wildman–Crippen MR) is 162 cm³/mol. The fourth-order valence-electron chi connectivity index (χ4n) is 5.44. The molecular formula is C33H36N4O5. The minimum absolute atomic E-state index is 0.164. The molecule has 2 aliphatic heterocycles. The number of ether oxygens (including phenoxy) is 1. The van der Waals surface area contributed by atoms with E-state index >= 15 is 0 Å². The summed E-state index contributed by atoms with van der Waals surface area (Å²) in [6.45, 7) is 8.35. The first-order valence-corrected chi connectivity index (χ1v) is 14.3. The third kappa shape index (κ3) is 5.65. The number of benzene rings is 3. The van der Waals surface area contributed by atoms with Crippen LogP contribution in [0.25, 0.3) is 0 Å². The van der Waals surface area contributed by atoms with Crippen molar-refractivity contribution < 1.29 is 23.9 Å². The zero-order chi connectivity index (χ0) is 29.9. The molecule has 1 unspecified atom stereocenters. The summed E-state index contributed by atoms with van der Waals surface area (Å²) in [6.07, 6.45) is 0.325. The van der Waals surface area contributed by atoms with Gasteiger partial charge in [-0.3, -0.25) is 24.1 Å². The van der Waals surface area contributed by atoms with Crippen molar-refractivity contribution in [1.82, 2.24) is 4.90 Å². The van der Waals surface area contributed by atoms with Crippen LogP contribution in [0.2, 0.25) is 0 Å². The number of hydrogen-bond donors (Lipinski definition) is 1. The van der Waals surface area contributed by atoms with E-state index in [0.717, 1.165) is 29.9 Å². The lowest BCUT2D eigenvalue weighted by atomic mass is 9.93. The van der Waals surface area contributed by atoms with E-state index in [1.807, 2.05) is 62.4 Å². The van der Waals surface area contributed by atoms with Crippen LogP contribution in [0.3, 0.4) is 0 Å². The molecule has 0 spiro atoms. The van der Waals surface area contributed by atoms with E-state index in [9.17, 15) is 19.2 Å². The molecule has 0 saturated carbocycles. The molecule has 218 valence electrons. The number of ketones is 1. The van der Waals surface area contributed by atoms with Gasteiger partial charge in [-0.15, -0.1) is 0 Å². The Kier molecular flexibility index (Phi) is 8.40. The van der Waals surface area contributed by atoms with Crippen LogP contribution >= 0.6 is 0 Å².